The third kappa shape index (κ3) is 8.72. The van der Waals surface area contributed by atoms with E-state index in [4.69, 9.17) is 14.2 Å². The fraction of sp³-hybridized carbons (Fsp3) is 0.850. The minimum absolute atomic E-state index is 0.0688. The highest BCUT2D eigenvalue weighted by molar-refractivity contribution is 5.60. The molecule has 3 atom stereocenters. The molecule has 1 saturated heterocycles. The van der Waals surface area contributed by atoms with Gasteiger partial charge in [0.15, 0.2) is 0 Å². The summed E-state index contributed by atoms with van der Waals surface area (Å²) in [4.78, 5) is 12.0. The molecule has 3 unspecified atom stereocenters. The molecule has 0 N–H and O–H groups in total. The van der Waals surface area contributed by atoms with Gasteiger partial charge in [-0.15, -0.1) is 0 Å². The second-order valence-corrected chi connectivity index (χ2v) is 7.61. The van der Waals surface area contributed by atoms with Crippen LogP contribution in [-0.2, 0) is 14.2 Å². The van der Waals surface area contributed by atoms with Gasteiger partial charge in [0.2, 0.25) is 0 Å². The molecule has 0 radical (unpaired) electrons. The van der Waals surface area contributed by atoms with Crippen LogP contribution in [0, 0.1) is 0 Å². The zero-order valence-electron chi connectivity index (χ0n) is 16.2. The Labute approximate surface area is 147 Å². The number of unbranched alkanes of at least 4 members (excludes halogenated alkanes) is 2. The van der Waals surface area contributed by atoms with E-state index in [1.54, 1.807) is 0 Å². The molecule has 1 aliphatic heterocycles. The Bertz CT molecular complexity index is 384. The third-order valence-corrected chi connectivity index (χ3v) is 4.09. The quantitative estimate of drug-likeness (QED) is 0.319. The summed E-state index contributed by atoms with van der Waals surface area (Å²) < 4.78 is 17.1. The van der Waals surface area contributed by atoms with Gasteiger partial charge in [-0.1, -0.05) is 45.3 Å². The van der Waals surface area contributed by atoms with Crippen LogP contribution in [0.4, 0.5) is 4.79 Å². The molecular weight excluding hydrogens is 304 g/mol. The minimum Gasteiger partial charge on any atom is -0.429 e. The average molecular weight is 341 g/mol. The van der Waals surface area contributed by atoms with Gasteiger partial charge in [0.1, 0.15) is 11.7 Å². The number of hydrogen-bond donors (Lipinski definition) is 0. The van der Waals surface area contributed by atoms with Crippen LogP contribution in [0.5, 0.6) is 0 Å². The van der Waals surface area contributed by atoms with Crippen LogP contribution in [0.1, 0.15) is 86.0 Å². The van der Waals surface area contributed by atoms with Crippen molar-refractivity contribution in [2.75, 3.05) is 0 Å². The fourth-order valence-corrected chi connectivity index (χ4v) is 2.91. The van der Waals surface area contributed by atoms with Crippen molar-refractivity contribution >= 4 is 6.16 Å². The van der Waals surface area contributed by atoms with Crippen molar-refractivity contribution in [2.24, 2.45) is 0 Å². The first-order valence-corrected chi connectivity index (χ1v) is 9.55. The molecule has 0 aromatic rings. The molecule has 0 spiro atoms. The van der Waals surface area contributed by atoms with Crippen LogP contribution in [-0.4, -0.2) is 30.1 Å². The predicted molar refractivity (Wildman–Crippen MR) is 97.2 cm³/mol. The standard InChI is InChI=1S/C20H36O4/c1-6-8-10-12-16-14-15-18(17(22-16)13-11-9-7-2)23-19(21)24-20(3,4)5/h9,11,16-18H,6-8,10,12-15H2,1-5H3/b11-9+. The van der Waals surface area contributed by atoms with Crippen LogP contribution in [0.25, 0.3) is 0 Å². The maximum absolute atomic E-state index is 12.0. The van der Waals surface area contributed by atoms with Gasteiger partial charge in [-0.25, -0.2) is 4.79 Å². The lowest BCUT2D eigenvalue weighted by Gasteiger charge is -2.36. The van der Waals surface area contributed by atoms with Gasteiger partial charge in [-0.2, -0.15) is 0 Å². The van der Waals surface area contributed by atoms with Crippen molar-refractivity contribution in [2.45, 2.75) is 110 Å². The van der Waals surface area contributed by atoms with Crippen molar-refractivity contribution in [3.63, 3.8) is 0 Å². The summed E-state index contributed by atoms with van der Waals surface area (Å²) in [6.45, 7) is 9.86. The Morgan fingerprint density at radius 3 is 2.54 bits per heavy atom. The molecule has 4 nitrogen and oxygen atoms in total. The van der Waals surface area contributed by atoms with Crippen LogP contribution < -0.4 is 0 Å². The molecule has 1 fully saturated rings. The summed E-state index contributed by atoms with van der Waals surface area (Å²) in [6.07, 6.45) is 12.0. The Kier molecular flexibility index (Phi) is 9.42. The van der Waals surface area contributed by atoms with Crippen LogP contribution in [0.2, 0.25) is 0 Å². The number of ether oxygens (including phenoxy) is 3. The smallest absolute Gasteiger partial charge is 0.429 e. The molecule has 4 heteroatoms. The maximum atomic E-state index is 12.0. The van der Waals surface area contributed by atoms with Crippen molar-refractivity contribution in [3.05, 3.63) is 12.2 Å². The highest BCUT2D eigenvalue weighted by atomic mass is 16.7. The summed E-state index contributed by atoms with van der Waals surface area (Å²) in [5, 5.41) is 0. The van der Waals surface area contributed by atoms with E-state index in [9.17, 15) is 4.79 Å². The highest BCUT2D eigenvalue weighted by Crippen LogP contribution is 2.28. The molecule has 0 aromatic heterocycles. The van der Waals surface area contributed by atoms with Gasteiger partial charge in [0.25, 0.3) is 0 Å². The van der Waals surface area contributed by atoms with E-state index in [1.807, 2.05) is 20.8 Å². The van der Waals surface area contributed by atoms with Crippen LogP contribution >= 0.6 is 0 Å². The lowest BCUT2D eigenvalue weighted by molar-refractivity contribution is -0.134. The van der Waals surface area contributed by atoms with E-state index in [2.05, 4.69) is 26.0 Å². The van der Waals surface area contributed by atoms with Gasteiger partial charge in [0.05, 0.1) is 12.2 Å². The molecule has 1 aliphatic rings. The van der Waals surface area contributed by atoms with Gasteiger partial charge >= 0.3 is 6.16 Å². The summed E-state index contributed by atoms with van der Waals surface area (Å²) in [7, 11) is 0. The first kappa shape index (κ1) is 21.0. The number of carbonyl (C=O) groups is 1. The van der Waals surface area contributed by atoms with E-state index < -0.39 is 11.8 Å². The third-order valence-electron chi connectivity index (χ3n) is 4.09. The molecule has 0 bridgehead atoms. The number of allylic oxidation sites excluding steroid dienone is 1. The first-order chi connectivity index (χ1) is 11.4. The van der Waals surface area contributed by atoms with Crippen LogP contribution in [0.3, 0.4) is 0 Å². The lowest BCUT2D eigenvalue weighted by atomic mass is 9.95. The Morgan fingerprint density at radius 1 is 1.17 bits per heavy atom. The molecule has 0 aromatic carbocycles. The average Bonchev–Trinajstić information content (AvgIpc) is 2.48. The topological polar surface area (TPSA) is 44.8 Å². The van der Waals surface area contributed by atoms with E-state index in [-0.39, 0.29) is 18.3 Å². The number of hydrogen-bond acceptors (Lipinski definition) is 4. The van der Waals surface area contributed by atoms with Crippen LogP contribution in [0.15, 0.2) is 12.2 Å². The molecule has 0 saturated carbocycles. The second kappa shape index (κ2) is 10.8. The zero-order chi connectivity index (χ0) is 18.0. The lowest BCUT2D eigenvalue weighted by Crippen LogP contribution is -2.42. The fourth-order valence-electron chi connectivity index (χ4n) is 2.91. The molecule has 0 aliphatic carbocycles. The molecule has 24 heavy (non-hydrogen) atoms. The van der Waals surface area contributed by atoms with Gasteiger partial charge in [-0.05, 0) is 52.9 Å². The van der Waals surface area contributed by atoms with E-state index >= 15 is 0 Å². The first-order valence-electron chi connectivity index (χ1n) is 9.55. The van der Waals surface area contributed by atoms with Crippen molar-refractivity contribution in [1.82, 2.24) is 0 Å². The molecule has 1 heterocycles. The zero-order valence-corrected chi connectivity index (χ0v) is 16.2. The summed E-state index contributed by atoms with van der Waals surface area (Å²) in [6, 6.07) is 0. The summed E-state index contributed by atoms with van der Waals surface area (Å²) >= 11 is 0. The SMILES string of the molecule is CC/C=C/CC1OC(CCCCC)CCC1OC(=O)OC(C)(C)C. The molecular formula is C20H36O4. The van der Waals surface area contributed by atoms with Crippen molar-refractivity contribution < 1.29 is 19.0 Å². The Balaban J connectivity index is 2.58. The Hall–Kier alpha value is -1.03. The van der Waals surface area contributed by atoms with Gasteiger partial charge in [-0.3, -0.25) is 0 Å². The number of rotatable bonds is 8. The van der Waals surface area contributed by atoms with E-state index in [0.717, 1.165) is 32.1 Å². The Morgan fingerprint density at radius 2 is 1.92 bits per heavy atom. The van der Waals surface area contributed by atoms with E-state index in [0.29, 0.717) is 0 Å². The second-order valence-electron chi connectivity index (χ2n) is 7.61. The highest BCUT2D eigenvalue weighted by Gasteiger charge is 2.34. The molecule has 1 rings (SSSR count). The minimum atomic E-state index is -0.593. The monoisotopic (exact) mass is 340 g/mol. The molecule has 140 valence electrons. The van der Waals surface area contributed by atoms with Gasteiger partial charge < -0.3 is 14.2 Å². The number of carbonyl (C=O) groups excluding carboxylic acids is 1. The molecule has 0 amide bonds. The normalized spacial score (nSPS) is 25.0. The summed E-state index contributed by atoms with van der Waals surface area (Å²) in [5.41, 5.74) is -0.535. The predicted octanol–water partition coefficient (Wildman–Crippen LogP) is 5.79. The van der Waals surface area contributed by atoms with Gasteiger partial charge in [0, 0.05) is 0 Å². The largest absolute Gasteiger partial charge is 0.509 e. The van der Waals surface area contributed by atoms with Crippen molar-refractivity contribution in [3.8, 4) is 0 Å². The summed E-state index contributed by atoms with van der Waals surface area (Å²) in [5.74, 6) is 0. The van der Waals surface area contributed by atoms with E-state index in [1.165, 1.54) is 19.3 Å². The maximum Gasteiger partial charge on any atom is 0.509 e. The van der Waals surface area contributed by atoms with Crippen molar-refractivity contribution in [1.29, 1.82) is 0 Å².